The second-order valence-corrected chi connectivity index (χ2v) is 5.59. The monoisotopic (exact) mass is 345 g/mol. The van der Waals surface area contributed by atoms with E-state index in [-0.39, 0.29) is 0 Å². The van der Waals surface area contributed by atoms with Gasteiger partial charge in [0, 0.05) is 28.5 Å². The maximum absolute atomic E-state index is 6.23. The Morgan fingerprint density at radius 3 is 2.70 bits per heavy atom. The molecule has 0 aliphatic carbocycles. The Morgan fingerprint density at radius 1 is 1.04 bits per heavy atom. The second-order valence-electron chi connectivity index (χ2n) is 4.75. The Morgan fingerprint density at radius 2 is 1.91 bits per heavy atom. The fourth-order valence-corrected chi connectivity index (χ4v) is 2.60. The first-order valence-corrected chi connectivity index (χ1v) is 7.61. The molecule has 1 heterocycles. The molecule has 0 unspecified atom stereocenters. The largest absolute Gasteiger partial charge is 0.497 e. The first kappa shape index (κ1) is 15.6. The van der Waals surface area contributed by atoms with Gasteiger partial charge in [0.25, 0.3) is 0 Å². The highest BCUT2D eigenvalue weighted by Gasteiger charge is 2.07. The van der Waals surface area contributed by atoms with Gasteiger partial charge in [0.05, 0.1) is 17.8 Å². The lowest BCUT2D eigenvalue weighted by Gasteiger charge is -2.09. The van der Waals surface area contributed by atoms with Crippen LogP contribution in [-0.4, -0.2) is 17.1 Å². The summed E-state index contributed by atoms with van der Waals surface area (Å²) in [4.78, 5) is 8.72. The van der Waals surface area contributed by atoms with Crippen molar-refractivity contribution in [3.8, 4) is 17.0 Å². The molecule has 6 heteroatoms. The predicted octanol–water partition coefficient (Wildman–Crippen LogP) is 5.20. The third-order valence-electron chi connectivity index (χ3n) is 3.19. The SMILES string of the molecule is COc1cccc(Nc2nccc(-c3ccc(Cl)cc3Cl)n2)c1. The van der Waals surface area contributed by atoms with E-state index in [1.807, 2.05) is 30.3 Å². The fourth-order valence-electron chi connectivity index (χ4n) is 2.10. The lowest BCUT2D eigenvalue weighted by Crippen LogP contribution is -1.98. The highest BCUT2D eigenvalue weighted by atomic mass is 35.5. The Bertz CT molecular complexity index is 840. The quantitative estimate of drug-likeness (QED) is 0.705. The number of rotatable bonds is 4. The Labute approximate surface area is 144 Å². The molecule has 0 saturated heterocycles. The average Bonchev–Trinajstić information content (AvgIpc) is 2.55. The number of halogens is 2. The number of hydrogen-bond donors (Lipinski definition) is 1. The van der Waals surface area contributed by atoms with Crippen molar-refractivity contribution in [1.82, 2.24) is 9.97 Å². The fraction of sp³-hybridized carbons (Fsp3) is 0.0588. The minimum Gasteiger partial charge on any atom is -0.497 e. The molecular weight excluding hydrogens is 333 g/mol. The number of methoxy groups -OCH3 is 1. The molecule has 1 N–H and O–H groups in total. The van der Waals surface area contributed by atoms with Crippen molar-refractivity contribution >= 4 is 34.8 Å². The maximum atomic E-state index is 6.23. The third kappa shape index (κ3) is 3.73. The topological polar surface area (TPSA) is 47.0 Å². The van der Waals surface area contributed by atoms with Crippen molar-refractivity contribution in [2.45, 2.75) is 0 Å². The second kappa shape index (κ2) is 6.86. The number of benzene rings is 2. The van der Waals surface area contributed by atoms with E-state index < -0.39 is 0 Å². The van der Waals surface area contributed by atoms with Gasteiger partial charge in [-0.05, 0) is 36.4 Å². The molecule has 116 valence electrons. The predicted molar refractivity (Wildman–Crippen MR) is 93.8 cm³/mol. The summed E-state index contributed by atoms with van der Waals surface area (Å²) < 4.78 is 5.20. The molecule has 0 atom stereocenters. The Kier molecular flexibility index (Phi) is 4.65. The standard InChI is InChI=1S/C17H13Cl2N3O/c1-23-13-4-2-3-12(10-13)21-17-20-8-7-16(22-17)14-6-5-11(18)9-15(14)19/h2-10H,1H3,(H,20,21,22). The number of nitrogens with zero attached hydrogens (tertiary/aromatic N) is 2. The molecule has 4 nitrogen and oxygen atoms in total. The van der Waals surface area contributed by atoms with Crippen LogP contribution in [0.3, 0.4) is 0 Å². The van der Waals surface area contributed by atoms with Gasteiger partial charge >= 0.3 is 0 Å². The maximum Gasteiger partial charge on any atom is 0.227 e. The normalized spacial score (nSPS) is 10.4. The van der Waals surface area contributed by atoms with E-state index in [2.05, 4.69) is 15.3 Å². The summed E-state index contributed by atoms with van der Waals surface area (Å²) in [5.41, 5.74) is 2.35. The molecule has 0 saturated carbocycles. The van der Waals surface area contributed by atoms with Crippen LogP contribution >= 0.6 is 23.2 Å². The van der Waals surface area contributed by atoms with Crippen LogP contribution in [0, 0.1) is 0 Å². The minimum absolute atomic E-state index is 0.474. The molecular formula is C17H13Cl2N3O. The highest BCUT2D eigenvalue weighted by Crippen LogP contribution is 2.29. The van der Waals surface area contributed by atoms with Gasteiger partial charge in [-0.25, -0.2) is 9.97 Å². The van der Waals surface area contributed by atoms with E-state index in [1.54, 1.807) is 31.5 Å². The third-order valence-corrected chi connectivity index (χ3v) is 3.74. The molecule has 1 aromatic heterocycles. The van der Waals surface area contributed by atoms with E-state index in [0.717, 1.165) is 17.0 Å². The first-order valence-electron chi connectivity index (χ1n) is 6.85. The summed E-state index contributed by atoms with van der Waals surface area (Å²) in [6.07, 6.45) is 1.68. The van der Waals surface area contributed by atoms with Crippen LogP contribution in [0.2, 0.25) is 10.0 Å². The van der Waals surface area contributed by atoms with E-state index in [1.165, 1.54) is 0 Å². The highest BCUT2D eigenvalue weighted by molar-refractivity contribution is 6.36. The number of ether oxygens (including phenoxy) is 1. The molecule has 23 heavy (non-hydrogen) atoms. The molecule has 0 aliphatic heterocycles. The molecule has 0 radical (unpaired) electrons. The average molecular weight is 346 g/mol. The van der Waals surface area contributed by atoms with Gasteiger partial charge in [-0.15, -0.1) is 0 Å². The summed E-state index contributed by atoms with van der Waals surface area (Å²) in [5.74, 6) is 1.23. The Hall–Kier alpha value is -2.30. The van der Waals surface area contributed by atoms with Gasteiger partial charge in [-0.3, -0.25) is 0 Å². The van der Waals surface area contributed by atoms with Gasteiger partial charge in [0.2, 0.25) is 5.95 Å². The molecule has 0 bridgehead atoms. The number of anilines is 2. The zero-order chi connectivity index (χ0) is 16.2. The van der Waals surface area contributed by atoms with E-state index in [0.29, 0.717) is 21.7 Å². The molecule has 3 aromatic rings. The van der Waals surface area contributed by atoms with Gasteiger partial charge in [-0.1, -0.05) is 29.3 Å². The summed E-state index contributed by atoms with van der Waals surface area (Å²) >= 11 is 12.2. The van der Waals surface area contributed by atoms with Crippen LogP contribution in [-0.2, 0) is 0 Å². The van der Waals surface area contributed by atoms with E-state index in [4.69, 9.17) is 27.9 Å². The summed E-state index contributed by atoms with van der Waals surface area (Å²) in [7, 11) is 1.62. The van der Waals surface area contributed by atoms with Crippen LogP contribution in [0.15, 0.2) is 54.7 Å². The van der Waals surface area contributed by atoms with Crippen molar-refractivity contribution in [1.29, 1.82) is 0 Å². The van der Waals surface area contributed by atoms with Crippen molar-refractivity contribution < 1.29 is 4.74 Å². The van der Waals surface area contributed by atoms with E-state index in [9.17, 15) is 0 Å². The molecule has 0 fully saturated rings. The van der Waals surface area contributed by atoms with Crippen molar-refractivity contribution in [2.75, 3.05) is 12.4 Å². The number of hydrogen-bond acceptors (Lipinski definition) is 4. The Balaban J connectivity index is 1.90. The van der Waals surface area contributed by atoms with Crippen LogP contribution in [0.4, 0.5) is 11.6 Å². The van der Waals surface area contributed by atoms with Gasteiger partial charge < -0.3 is 10.1 Å². The zero-order valence-corrected chi connectivity index (χ0v) is 13.8. The molecule has 2 aromatic carbocycles. The first-order chi connectivity index (χ1) is 11.2. The summed E-state index contributed by atoms with van der Waals surface area (Å²) in [5, 5.41) is 4.28. The molecule has 3 rings (SSSR count). The van der Waals surface area contributed by atoms with Crippen LogP contribution in [0.1, 0.15) is 0 Å². The van der Waals surface area contributed by atoms with Crippen molar-refractivity contribution in [2.24, 2.45) is 0 Å². The number of nitrogens with one attached hydrogen (secondary N) is 1. The van der Waals surface area contributed by atoms with Crippen LogP contribution in [0.25, 0.3) is 11.3 Å². The lowest BCUT2D eigenvalue weighted by molar-refractivity contribution is 0.415. The van der Waals surface area contributed by atoms with Crippen LogP contribution < -0.4 is 10.1 Å². The van der Waals surface area contributed by atoms with Gasteiger partial charge in [0.1, 0.15) is 5.75 Å². The molecule has 0 aliphatic rings. The molecule has 0 amide bonds. The van der Waals surface area contributed by atoms with Crippen molar-refractivity contribution in [3.05, 3.63) is 64.8 Å². The summed E-state index contributed by atoms with van der Waals surface area (Å²) in [6, 6.07) is 14.6. The van der Waals surface area contributed by atoms with Crippen LogP contribution in [0.5, 0.6) is 5.75 Å². The van der Waals surface area contributed by atoms with Gasteiger partial charge in [-0.2, -0.15) is 0 Å². The van der Waals surface area contributed by atoms with E-state index >= 15 is 0 Å². The lowest BCUT2D eigenvalue weighted by atomic mass is 10.1. The molecule has 0 spiro atoms. The minimum atomic E-state index is 0.474. The number of aromatic nitrogens is 2. The smallest absolute Gasteiger partial charge is 0.227 e. The van der Waals surface area contributed by atoms with Crippen molar-refractivity contribution in [3.63, 3.8) is 0 Å². The zero-order valence-electron chi connectivity index (χ0n) is 12.3. The van der Waals surface area contributed by atoms with Gasteiger partial charge in [0.15, 0.2) is 0 Å². The summed E-state index contributed by atoms with van der Waals surface area (Å²) in [6.45, 7) is 0.